The summed E-state index contributed by atoms with van der Waals surface area (Å²) >= 11 is 0. The summed E-state index contributed by atoms with van der Waals surface area (Å²) in [5, 5.41) is 0. The summed E-state index contributed by atoms with van der Waals surface area (Å²) < 4.78 is 1.83. The lowest BCUT2D eigenvalue weighted by molar-refractivity contribution is 0.766. The fourth-order valence-electron chi connectivity index (χ4n) is 1.36. The van der Waals surface area contributed by atoms with Gasteiger partial charge in [0.25, 0.3) is 0 Å². The van der Waals surface area contributed by atoms with Gasteiger partial charge in [0.1, 0.15) is 6.33 Å². The molecule has 0 fully saturated rings. The van der Waals surface area contributed by atoms with Crippen LogP contribution >= 0.6 is 0 Å². The number of hydrogen-bond donors (Lipinski definition) is 1. The van der Waals surface area contributed by atoms with E-state index in [1.165, 1.54) is 6.33 Å². The van der Waals surface area contributed by atoms with Gasteiger partial charge in [-0.2, -0.15) is 0 Å². The van der Waals surface area contributed by atoms with Crippen LogP contribution in [-0.2, 0) is 6.54 Å². The first-order chi connectivity index (χ1) is 6.77. The molecule has 5 heteroatoms. The summed E-state index contributed by atoms with van der Waals surface area (Å²) in [5.74, 6) is 3.39. The van der Waals surface area contributed by atoms with Gasteiger partial charge in [-0.15, -0.1) is 6.42 Å². The maximum absolute atomic E-state index is 5.65. The number of anilines is 1. The van der Waals surface area contributed by atoms with Crippen molar-refractivity contribution in [1.82, 2.24) is 19.5 Å². The number of nitrogen functional groups attached to an aromatic ring is 1. The molecule has 0 aromatic carbocycles. The Balaban J connectivity index is 2.88. The van der Waals surface area contributed by atoms with Gasteiger partial charge in [0.2, 0.25) is 0 Å². The number of hydrogen-bond acceptors (Lipinski definition) is 4. The van der Waals surface area contributed by atoms with Gasteiger partial charge >= 0.3 is 0 Å². The predicted octanol–water partition coefficient (Wildman–Crippen LogP) is 0.410. The highest BCUT2D eigenvalue weighted by Gasteiger charge is 2.11. The summed E-state index contributed by atoms with van der Waals surface area (Å²) in [6.45, 7) is 2.69. The Morgan fingerprint density at radius 1 is 1.57 bits per heavy atom. The summed E-state index contributed by atoms with van der Waals surface area (Å²) in [7, 11) is 0. The van der Waals surface area contributed by atoms with E-state index in [1.54, 1.807) is 0 Å². The Kier molecular flexibility index (Phi) is 1.82. The number of rotatable bonds is 1. The zero-order chi connectivity index (χ0) is 10.1. The van der Waals surface area contributed by atoms with E-state index in [2.05, 4.69) is 20.9 Å². The lowest BCUT2D eigenvalue weighted by atomic mass is 10.5. The fraction of sp³-hybridized carbons (Fsp3) is 0.222. The first-order valence-corrected chi connectivity index (χ1v) is 4.21. The quantitative estimate of drug-likeness (QED) is 0.656. The van der Waals surface area contributed by atoms with Crippen LogP contribution in [0.5, 0.6) is 0 Å². The Hall–Kier alpha value is -2.09. The van der Waals surface area contributed by atoms with Crippen molar-refractivity contribution in [1.29, 1.82) is 0 Å². The molecule has 0 aliphatic carbocycles. The minimum atomic E-state index is 0.360. The van der Waals surface area contributed by atoms with Crippen LogP contribution in [0.1, 0.15) is 12.7 Å². The third kappa shape index (κ3) is 1.01. The Bertz CT molecular complexity index is 520. The normalized spacial score (nSPS) is 10.3. The monoisotopic (exact) mass is 187 g/mol. The number of fused-ring (bicyclic) bond motifs is 1. The standard InChI is InChI=1S/C9H9N5/c1-3-6-13-7-8(10)11-5-12-9(7)14(6)4-2/h1,5H,4H2,2H3,(H2,10,11,12). The van der Waals surface area contributed by atoms with E-state index in [0.717, 1.165) is 0 Å². The molecule has 0 radical (unpaired) electrons. The molecule has 0 bridgehead atoms. The number of nitrogens with two attached hydrogens (primary N) is 1. The second-order valence-corrected chi connectivity index (χ2v) is 2.76. The molecule has 70 valence electrons. The average Bonchev–Trinajstić information content (AvgIpc) is 2.57. The second kappa shape index (κ2) is 3.00. The minimum Gasteiger partial charge on any atom is -0.382 e. The highest BCUT2D eigenvalue weighted by atomic mass is 15.1. The van der Waals surface area contributed by atoms with E-state index in [-0.39, 0.29) is 0 Å². The Morgan fingerprint density at radius 2 is 2.36 bits per heavy atom. The Labute approximate surface area is 81.0 Å². The van der Waals surface area contributed by atoms with Crippen LogP contribution in [0.4, 0.5) is 5.82 Å². The maximum atomic E-state index is 5.65. The molecule has 0 atom stereocenters. The number of aromatic nitrogens is 4. The van der Waals surface area contributed by atoms with Crippen molar-refractivity contribution in [2.24, 2.45) is 0 Å². The van der Waals surface area contributed by atoms with Crippen molar-refractivity contribution in [3.8, 4) is 12.3 Å². The summed E-state index contributed by atoms with van der Waals surface area (Å²) in [5.41, 5.74) is 6.91. The average molecular weight is 187 g/mol. The van der Waals surface area contributed by atoms with Gasteiger partial charge in [0.05, 0.1) is 0 Å². The molecule has 2 rings (SSSR count). The predicted molar refractivity (Wildman–Crippen MR) is 53.3 cm³/mol. The van der Waals surface area contributed by atoms with Gasteiger partial charge in [0, 0.05) is 6.54 Å². The van der Waals surface area contributed by atoms with E-state index < -0.39 is 0 Å². The maximum Gasteiger partial charge on any atom is 0.187 e. The molecule has 5 nitrogen and oxygen atoms in total. The summed E-state index contributed by atoms with van der Waals surface area (Å²) in [6, 6.07) is 0. The molecule has 2 heterocycles. The third-order valence-electron chi connectivity index (χ3n) is 2.01. The molecule has 0 unspecified atom stereocenters. The molecule has 14 heavy (non-hydrogen) atoms. The van der Waals surface area contributed by atoms with Gasteiger partial charge in [0.15, 0.2) is 22.8 Å². The SMILES string of the molecule is C#Cc1nc2c(N)ncnc2n1CC. The van der Waals surface area contributed by atoms with E-state index in [0.29, 0.717) is 29.4 Å². The highest BCUT2D eigenvalue weighted by molar-refractivity contribution is 5.82. The van der Waals surface area contributed by atoms with Crippen molar-refractivity contribution >= 4 is 17.0 Å². The molecule has 0 amide bonds. The van der Waals surface area contributed by atoms with Crippen LogP contribution in [-0.4, -0.2) is 19.5 Å². The molecule has 0 aliphatic rings. The van der Waals surface area contributed by atoms with E-state index in [9.17, 15) is 0 Å². The number of terminal acetylenes is 1. The van der Waals surface area contributed by atoms with Crippen LogP contribution in [0.25, 0.3) is 11.2 Å². The second-order valence-electron chi connectivity index (χ2n) is 2.76. The van der Waals surface area contributed by atoms with Crippen molar-refractivity contribution in [2.75, 3.05) is 5.73 Å². The van der Waals surface area contributed by atoms with Gasteiger partial charge < -0.3 is 10.3 Å². The summed E-state index contributed by atoms with van der Waals surface area (Å²) in [6.07, 6.45) is 6.73. The van der Waals surface area contributed by atoms with E-state index in [4.69, 9.17) is 12.2 Å². The number of imidazole rings is 1. The lowest BCUT2D eigenvalue weighted by Gasteiger charge is -1.98. The molecular weight excluding hydrogens is 178 g/mol. The Morgan fingerprint density at radius 3 is 3.00 bits per heavy atom. The fourth-order valence-corrected chi connectivity index (χ4v) is 1.36. The molecule has 0 aliphatic heterocycles. The minimum absolute atomic E-state index is 0.360. The van der Waals surface area contributed by atoms with Gasteiger partial charge in [-0.25, -0.2) is 15.0 Å². The van der Waals surface area contributed by atoms with Gasteiger partial charge in [-0.1, -0.05) is 0 Å². The van der Waals surface area contributed by atoms with Crippen molar-refractivity contribution in [3.63, 3.8) is 0 Å². The van der Waals surface area contributed by atoms with Crippen molar-refractivity contribution in [3.05, 3.63) is 12.2 Å². The van der Waals surface area contributed by atoms with E-state index in [1.807, 2.05) is 11.5 Å². The van der Waals surface area contributed by atoms with Gasteiger partial charge in [-0.3, -0.25) is 0 Å². The van der Waals surface area contributed by atoms with Crippen LogP contribution < -0.4 is 5.73 Å². The third-order valence-corrected chi connectivity index (χ3v) is 2.01. The first kappa shape index (κ1) is 8.51. The van der Waals surface area contributed by atoms with Crippen LogP contribution in [0.15, 0.2) is 6.33 Å². The molecule has 2 N–H and O–H groups in total. The molecule has 0 spiro atoms. The zero-order valence-electron chi connectivity index (χ0n) is 7.73. The smallest absolute Gasteiger partial charge is 0.187 e. The largest absolute Gasteiger partial charge is 0.382 e. The number of nitrogens with zero attached hydrogens (tertiary/aromatic N) is 4. The van der Waals surface area contributed by atoms with Crippen molar-refractivity contribution < 1.29 is 0 Å². The lowest BCUT2D eigenvalue weighted by Crippen LogP contribution is -1.99. The highest BCUT2D eigenvalue weighted by Crippen LogP contribution is 2.16. The van der Waals surface area contributed by atoms with Crippen LogP contribution in [0.3, 0.4) is 0 Å². The zero-order valence-corrected chi connectivity index (χ0v) is 7.73. The molecule has 0 saturated carbocycles. The molecule has 2 aromatic heterocycles. The molecule has 2 aromatic rings. The first-order valence-electron chi connectivity index (χ1n) is 4.21. The van der Waals surface area contributed by atoms with Crippen LogP contribution in [0, 0.1) is 12.3 Å². The summed E-state index contributed by atoms with van der Waals surface area (Å²) in [4.78, 5) is 12.1. The topological polar surface area (TPSA) is 69.6 Å². The number of aryl methyl sites for hydroxylation is 1. The molecule has 0 saturated heterocycles. The van der Waals surface area contributed by atoms with Crippen LogP contribution in [0.2, 0.25) is 0 Å². The molecular formula is C9H9N5. The van der Waals surface area contributed by atoms with Gasteiger partial charge in [-0.05, 0) is 12.8 Å². The van der Waals surface area contributed by atoms with Crippen molar-refractivity contribution in [2.45, 2.75) is 13.5 Å². The van der Waals surface area contributed by atoms with E-state index >= 15 is 0 Å².